The highest BCUT2D eigenvalue weighted by atomic mass is 16.2. The molecule has 4 atom stereocenters. The van der Waals surface area contributed by atoms with Crippen molar-refractivity contribution in [2.75, 3.05) is 0 Å². The number of para-hydroxylation sites is 1. The van der Waals surface area contributed by atoms with Gasteiger partial charge in [0.15, 0.2) is 0 Å². The van der Waals surface area contributed by atoms with Crippen molar-refractivity contribution >= 4 is 28.6 Å². The molecule has 3 aliphatic rings. The second kappa shape index (κ2) is 8.26. The molecule has 3 aromatic rings. The van der Waals surface area contributed by atoms with E-state index >= 15 is 0 Å². The van der Waals surface area contributed by atoms with Gasteiger partial charge in [0.2, 0.25) is 11.8 Å². The fraction of sp³-hybridized carbons (Fsp3) is 0.393. The summed E-state index contributed by atoms with van der Waals surface area (Å²) in [7, 11) is 0. The summed E-state index contributed by atoms with van der Waals surface area (Å²) in [5.74, 6) is -0.570. The van der Waals surface area contributed by atoms with Crippen LogP contribution in [-0.2, 0) is 16.0 Å². The summed E-state index contributed by atoms with van der Waals surface area (Å²) in [4.78, 5) is 45.7. The van der Waals surface area contributed by atoms with E-state index in [9.17, 15) is 14.4 Å². The zero-order valence-electron chi connectivity index (χ0n) is 20.0. The van der Waals surface area contributed by atoms with Crippen LogP contribution >= 0.6 is 0 Å². The number of carbonyl (C=O) groups is 3. The number of benzene rings is 2. The monoisotopic (exact) mass is 470 g/mol. The zero-order chi connectivity index (χ0) is 24.3. The Morgan fingerprint density at radius 2 is 1.86 bits per heavy atom. The molecule has 3 N–H and O–H groups in total. The average molecular weight is 471 g/mol. The molecule has 180 valence electrons. The SMILES string of the molecule is CC[C@@H](C)[C@H](NC(=O)[C@@H]1Cc2c([nH]c3ccccc23)[C@H]2c3ccccc3C(=O)N21)C(=O)NC1CC1. The van der Waals surface area contributed by atoms with Crippen molar-refractivity contribution in [2.45, 2.75) is 63.7 Å². The first-order valence-electron chi connectivity index (χ1n) is 12.6. The maximum atomic E-state index is 13.8. The van der Waals surface area contributed by atoms with Crippen LogP contribution in [0.15, 0.2) is 48.5 Å². The van der Waals surface area contributed by atoms with E-state index in [-0.39, 0.29) is 35.7 Å². The Morgan fingerprint density at radius 3 is 2.63 bits per heavy atom. The maximum Gasteiger partial charge on any atom is 0.255 e. The summed E-state index contributed by atoms with van der Waals surface area (Å²) >= 11 is 0. The fourth-order valence-electron chi connectivity index (χ4n) is 5.61. The smallest absolute Gasteiger partial charge is 0.255 e. The lowest BCUT2D eigenvalue weighted by atomic mass is 9.89. The topological polar surface area (TPSA) is 94.3 Å². The van der Waals surface area contributed by atoms with Crippen LogP contribution in [0, 0.1) is 5.92 Å². The van der Waals surface area contributed by atoms with Crippen molar-refractivity contribution in [3.05, 3.63) is 70.9 Å². The number of nitrogens with one attached hydrogen (secondary N) is 3. The number of rotatable bonds is 6. The van der Waals surface area contributed by atoms with E-state index in [0.29, 0.717) is 12.0 Å². The Bertz CT molecular complexity index is 1340. The largest absolute Gasteiger partial charge is 0.356 e. The molecule has 3 heterocycles. The van der Waals surface area contributed by atoms with Crippen LogP contribution in [0.2, 0.25) is 0 Å². The van der Waals surface area contributed by atoms with Gasteiger partial charge >= 0.3 is 0 Å². The molecule has 0 saturated heterocycles. The summed E-state index contributed by atoms with van der Waals surface area (Å²) in [6.07, 6.45) is 3.14. The number of H-pyrrole nitrogens is 1. The Labute approximate surface area is 204 Å². The van der Waals surface area contributed by atoms with E-state index in [1.54, 1.807) is 4.90 Å². The molecule has 1 saturated carbocycles. The van der Waals surface area contributed by atoms with Gasteiger partial charge in [-0.15, -0.1) is 0 Å². The summed E-state index contributed by atoms with van der Waals surface area (Å²) < 4.78 is 0. The Hall–Kier alpha value is -3.61. The molecule has 0 bridgehead atoms. The zero-order valence-corrected chi connectivity index (χ0v) is 20.0. The van der Waals surface area contributed by atoms with Crippen LogP contribution in [0.1, 0.15) is 66.3 Å². The van der Waals surface area contributed by atoms with Gasteiger partial charge in [-0.1, -0.05) is 56.7 Å². The molecule has 1 fully saturated rings. The fourth-order valence-corrected chi connectivity index (χ4v) is 5.61. The first kappa shape index (κ1) is 21.9. The first-order valence-corrected chi connectivity index (χ1v) is 12.6. The lowest BCUT2D eigenvalue weighted by Crippen LogP contribution is -2.58. The van der Waals surface area contributed by atoms with Gasteiger partial charge in [0.1, 0.15) is 12.1 Å². The highest BCUT2D eigenvalue weighted by Crippen LogP contribution is 2.46. The molecule has 2 aromatic carbocycles. The predicted molar refractivity (Wildman–Crippen MR) is 133 cm³/mol. The predicted octanol–water partition coefficient (Wildman–Crippen LogP) is 3.45. The van der Waals surface area contributed by atoms with Crippen LogP contribution in [0.3, 0.4) is 0 Å². The molecule has 0 radical (unpaired) electrons. The summed E-state index contributed by atoms with van der Waals surface area (Å²) in [6, 6.07) is 14.2. The van der Waals surface area contributed by atoms with Gasteiger partial charge in [-0.3, -0.25) is 14.4 Å². The van der Waals surface area contributed by atoms with Crippen LogP contribution < -0.4 is 10.6 Å². The third kappa shape index (κ3) is 3.52. The minimum atomic E-state index is -0.702. The standard InChI is InChI=1S/C28H30N4O3/c1-3-15(2)23(27(34)29-16-12-13-16)31-26(33)22-14-20-17-8-6-7-11-21(17)30-24(20)25-18-9-4-5-10-19(18)28(35)32(22)25/h4-11,15-16,22-23,25,30H,3,12-14H2,1-2H3,(H,29,34)(H,31,33)/t15-,22+,23+,25-/m1/s1. The van der Waals surface area contributed by atoms with Crippen LogP contribution in [0.4, 0.5) is 0 Å². The van der Waals surface area contributed by atoms with Gasteiger partial charge < -0.3 is 20.5 Å². The number of carbonyl (C=O) groups excluding carboxylic acids is 3. The number of hydrogen-bond acceptors (Lipinski definition) is 3. The van der Waals surface area contributed by atoms with Gasteiger partial charge in [-0.05, 0) is 42.0 Å². The quantitative estimate of drug-likeness (QED) is 0.515. The first-order chi connectivity index (χ1) is 17.0. The van der Waals surface area contributed by atoms with E-state index < -0.39 is 12.1 Å². The number of nitrogens with zero attached hydrogens (tertiary/aromatic N) is 1. The third-order valence-electron chi connectivity index (χ3n) is 7.87. The van der Waals surface area contributed by atoms with Crippen molar-refractivity contribution < 1.29 is 14.4 Å². The van der Waals surface area contributed by atoms with Crippen molar-refractivity contribution in [1.29, 1.82) is 0 Å². The Morgan fingerprint density at radius 1 is 1.11 bits per heavy atom. The summed E-state index contributed by atoms with van der Waals surface area (Å²) in [5.41, 5.74) is 4.57. The number of aromatic nitrogens is 1. The number of aromatic amines is 1. The average Bonchev–Trinajstić information content (AvgIpc) is 3.54. The molecular weight excluding hydrogens is 440 g/mol. The van der Waals surface area contributed by atoms with Crippen molar-refractivity contribution in [3.63, 3.8) is 0 Å². The minimum Gasteiger partial charge on any atom is -0.356 e. The Kier molecular flexibility index (Phi) is 5.16. The summed E-state index contributed by atoms with van der Waals surface area (Å²) in [5, 5.41) is 7.16. The molecule has 7 heteroatoms. The highest BCUT2D eigenvalue weighted by molar-refractivity contribution is 6.04. The van der Waals surface area contributed by atoms with Gasteiger partial charge in [0.05, 0.1) is 6.04 Å². The second-order valence-electron chi connectivity index (χ2n) is 10.1. The highest BCUT2D eigenvalue weighted by Gasteiger charge is 2.49. The molecule has 1 aliphatic carbocycles. The van der Waals surface area contributed by atoms with E-state index in [0.717, 1.165) is 47.0 Å². The van der Waals surface area contributed by atoms with E-state index in [1.807, 2.05) is 56.3 Å². The summed E-state index contributed by atoms with van der Waals surface area (Å²) in [6.45, 7) is 4.00. The number of amides is 3. The van der Waals surface area contributed by atoms with Crippen molar-refractivity contribution in [1.82, 2.24) is 20.5 Å². The molecule has 6 rings (SSSR count). The Balaban J connectivity index is 1.39. The van der Waals surface area contributed by atoms with Gasteiger partial charge in [-0.2, -0.15) is 0 Å². The van der Waals surface area contributed by atoms with Gasteiger partial charge in [-0.25, -0.2) is 0 Å². The number of fused-ring (bicyclic) bond motifs is 7. The molecule has 1 aromatic heterocycles. The van der Waals surface area contributed by atoms with Crippen molar-refractivity contribution in [3.8, 4) is 0 Å². The van der Waals surface area contributed by atoms with Crippen LogP contribution in [0.5, 0.6) is 0 Å². The third-order valence-corrected chi connectivity index (χ3v) is 7.87. The molecule has 7 nitrogen and oxygen atoms in total. The van der Waals surface area contributed by atoms with Gasteiger partial charge in [0.25, 0.3) is 5.91 Å². The molecule has 0 spiro atoms. The lowest BCUT2D eigenvalue weighted by molar-refractivity contribution is -0.133. The molecule has 2 aliphatic heterocycles. The van der Waals surface area contributed by atoms with Crippen LogP contribution in [0.25, 0.3) is 10.9 Å². The maximum absolute atomic E-state index is 13.8. The molecular formula is C28H30N4O3. The van der Waals surface area contributed by atoms with E-state index in [4.69, 9.17) is 0 Å². The van der Waals surface area contributed by atoms with E-state index in [2.05, 4.69) is 21.7 Å². The normalized spacial score (nSPS) is 22.2. The number of hydrogen-bond donors (Lipinski definition) is 3. The van der Waals surface area contributed by atoms with Crippen LogP contribution in [-0.4, -0.2) is 45.7 Å². The van der Waals surface area contributed by atoms with Gasteiger partial charge in [0, 0.05) is 34.6 Å². The second-order valence-corrected chi connectivity index (χ2v) is 10.1. The molecule has 0 unspecified atom stereocenters. The lowest BCUT2D eigenvalue weighted by Gasteiger charge is -2.38. The van der Waals surface area contributed by atoms with E-state index in [1.165, 1.54) is 0 Å². The van der Waals surface area contributed by atoms with Crippen molar-refractivity contribution in [2.24, 2.45) is 5.92 Å². The molecule has 35 heavy (non-hydrogen) atoms. The molecule has 3 amide bonds. The minimum absolute atomic E-state index is 0.0211.